The third kappa shape index (κ3) is 1.32. The van der Waals surface area contributed by atoms with Crippen LogP contribution in [0.15, 0.2) is 23.6 Å². The summed E-state index contributed by atoms with van der Waals surface area (Å²) in [5, 5.41) is 19.7. The molecule has 5 nitrogen and oxygen atoms in total. The number of amidine groups is 1. The molecule has 0 aliphatic carbocycles. The number of oxime groups is 1. The van der Waals surface area contributed by atoms with Gasteiger partial charge in [-0.05, 0) is 6.07 Å². The zero-order valence-corrected chi connectivity index (χ0v) is 6.10. The molecule has 1 aromatic heterocycles. The normalized spacial score (nSPS) is 10.8. The largest absolute Gasteiger partial charge is 0.409 e. The number of hydrogen-bond acceptors (Lipinski definition) is 4. The molecule has 0 spiro atoms. The maximum Gasteiger partial charge on any atom is 0.172 e. The van der Waals surface area contributed by atoms with Gasteiger partial charge in [-0.3, -0.25) is 4.98 Å². The predicted molar refractivity (Wildman–Crippen MR) is 41.5 cm³/mol. The fourth-order valence-corrected chi connectivity index (χ4v) is 0.750. The van der Waals surface area contributed by atoms with E-state index in [1.54, 1.807) is 0 Å². The first-order valence-electron chi connectivity index (χ1n) is 3.11. The highest BCUT2D eigenvalue weighted by Crippen LogP contribution is 2.03. The number of hydrogen-bond donors (Lipinski definition) is 2. The van der Waals surface area contributed by atoms with E-state index >= 15 is 0 Å². The van der Waals surface area contributed by atoms with Crippen molar-refractivity contribution in [3.8, 4) is 6.07 Å². The van der Waals surface area contributed by atoms with Gasteiger partial charge in [0.25, 0.3) is 0 Å². The zero-order valence-electron chi connectivity index (χ0n) is 6.10. The van der Waals surface area contributed by atoms with Crippen molar-refractivity contribution >= 4 is 5.84 Å². The van der Waals surface area contributed by atoms with E-state index in [0.29, 0.717) is 11.1 Å². The number of aromatic nitrogens is 1. The number of rotatable bonds is 1. The molecule has 0 unspecified atom stereocenters. The highest BCUT2D eigenvalue weighted by molar-refractivity contribution is 5.98. The van der Waals surface area contributed by atoms with Crippen LogP contribution in [0.3, 0.4) is 0 Å². The molecule has 12 heavy (non-hydrogen) atoms. The Morgan fingerprint density at radius 3 is 3.08 bits per heavy atom. The van der Waals surface area contributed by atoms with E-state index in [2.05, 4.69) is 10.1 Å². The van der Waals surface area contributed by atoms with Crippen LogP contribution >= 0.6 is 0 Å². The first-order valence-corrected chi connectivity index (χ1v) is 3.11. The molecule has 1 rings (SSSR count). The maximum atomic E-state index is 8.59. The summed E-state index contributed by atoms with van der Waals surface area (Å²) in [6.07, 6.45) is 2.83. The van der Waals surface area contributed by atoms with Gasteiger partial charge >= 0.3 is 0 Å². The van der Waals surface area contributed by atoms with E-state index in [0.717, 1.165) is 0 Å². The first-order chi connectivity index (χ1) is 5.79. The highest BCUT2D eigenvalue weighted by atomic mass is 16.4. The second-order valence-corrected chi connectivity index (χ2v) is 2.02. The molecule has 1 aromatic rings. The van der Waals surface area contributed by atoms with Gasteiger partial charge in [0.05, 0.1) is 11.1 Å². The summed E-state index contributed by atoms with van der Waals surface area (Å²) in [5.74, 6) is -0.111. The van der Waals surface area contributed by atoms with Crippen LogP contribution in [0.2, 0.25) is 0 Å². The predicted octanol–water partition coefficient (Wildman–Crippen LogP) is 0.0478. The van der Waals surface area contributed by atoms with Crippen molar-refractivity contribution in [3.63, 3.8) is 0 Å². The van der Waals surface area contributed by atoms with Crippen LogP contribution in [0.1, 0.15) is 11.1 Å². The molecule has 0 aromatic carbocycles. The number of nitrogens with zero attached hydrogens (tertiary/aromatic N) is 3. The third-order valence-electron chi connectivity index (χ3n) is 1.33. The monoisotopic (exact) mass is 162 g/mol. The topological polar surface area (TPSA) is 95.3 Å². The van der Waals surface area contributed by atoms with Gasteiger partial charge in [-0.2, -0.15) is 5.26 Å². The van der Waals surface area contributed by atoms with Crippen molar-refractivity contribution in [1.29, 1.82) is 5.26 Å². The average molecular weight is 162 g/mol. The van der Waals surface area contributed by atoms with Gasteiger partial charge in [-0.15, -0.1) is 0 Å². The molecule has 0 bridgehead atoms. The molecule has 0 aliphatic heterocycles. The van der Waals surface area contributed by atoms with Gasteiger partial charge in [0.1, 0.15) is 6.07 Å². The Bertz CT molecular complexity index is 353. The SMILES string of the molecule is N#Cc1ccncc1C(N)=NO. The van der Waals surface area contributed by atoms with Gasteiger partial charge in [0.15, 0.2) is 5.84 Å². The van der Waals surface area contributed by atoms with Crippen LogP contribution in [0.25, 0.3) is 0 Å². The molecular formula is C7H6N4O. The lowest BCUT2D eigenvalue weighted by Gasteiger charge is -1.98. The van der Waals surface area contributed by atoms with Gasteiger partial charge in [0.2, 0.25) is 0 Å². The molecule has 5 heteroatoms. The molecule has 3 N–H and O–H groups in total. The quantitative estimate of drug-likeness (QED) is 0.264. The molecule has 1 heterocycles. The molecule has 60 valence electrons. The summed E-state index contributed by atoms with van der Waals surface area (Å²) in [7, 11) is 0. The van der Waals surface area contributed by atoms with Crippen LogP contribution in [0.5, 0.6) is 0 Å². The molecular weight excluding hydrogens is 156 g/mol. The Balaban J connectivity index is 3.25. The van der Waals surface area contributed by atoms with E-state index in [-0.39, 0.29) is 5.84 Å². The molecule has 0 saturated carbocycles. The Kier molecular flexibility index (Phi) is 2.23. The smallest absolute Gasteiger partial charge is 0.172 e. The molecule has 0 radical (unpaired) electrons. The summed E-state index contributed by atoms with van der Waals surface area (Å²) in [6, 6.07) is 3.39. The minimum atomic E-state index is -0.111. The number of nitriles is 1. The van der Waals surface area contributed by atoms with Gasteiger partial charge in [-0.1, -0.05) is 5.16 Å². The second kappa shape index (κ2) is 3.34. The first kappa shape index (κ1) is 8.01. The molecule has 0 amide bonds. The van der Waals surface area contributed by atoms with Gasteiger partial charge in [0, 0.05) is 12.4 Å². The van der Waals surface area contributed by atoms with Crippen LogP contribution in [-0.2, 0) is 0 Å². The lowest BCUT2D eigenvalue weighted by molar-refractivity contribution is 0.318. The summed E-state index contributed by atoms with van der Waals surface area (Å²) >= 11 is 0. The highest BCUT2D eigenvalue weighted by Gasteiger charge is 2.04. The standard InChI is InChI=1S/C7H6N4O/c8-3-5-1-2-10-4-6(5)7(9)11-12/h1-2,4,12H,(H2,9,11). The van der Waals surface area contributed by atoms with Crippen molar-refractivity contribution in [2.45, 2.75) is 0 Å². The van der Waals surface area contributed by atoms with E-state index in [9.17, 15) is 0 Å². The zero-order chi connectivity index (χ0) is 8.97. The Labute approximate surface area is 68.8 Å². The summed E-state index contributed by atoms with van der Waals surface area (Å²) in [5.41, 5.74) is 5.95. The Morgan fingerprint density at radius 1 is 1.75 bits per heavy atom. The lowest BCUT2D eigenvalue weighted by atomic mass is 10.1. The second-order valence-electron chi connectivity index (χ2n) is 2.02. The van der Waals surface area contributed by atoms with Crippen molar-refractivity contribution in [1.82, 2.24) is 4.98 Å². The maximum absolute atomic E-state index is 8.59. The van der Waals surface area contributed by atoms with E-state index in [4.69, 9.17) is 16.2 Å². The Morgan fingerprint density at radius 2 is 2.50 bits per heavy atom. The van der Waals surface area contributed by atoms with Gasteiger partial charge < -0.3 is 10.9 Å². The van der Waals surface area contributed by atoms with E-state index in [1.807, 2.05) is 6.07 Å². The summed E-state index contributed by atoms with van der Waals surface area (Å²) in [4.78, 5) is 3.74. The van der Waals surface area contributed by atoms with Crippen molar-refractivity contribution < 1.29 is 5.21 Å². The van der Waals surface area contributed by atoms with Crippen LogP contribution in [0.4, 0.5) is 0 Å². The summed E-state index contributed by atoms with van der Waals surface area (Å²) in [6.45, 7) is 0. The van der Waals surface area contributed by atoms with E-state index in [1.165, 1.54) is 18.5 Å². The van der Waals surface area contributed by atoms with Crippen LogP contribution in [0, 0.1) is 11.3 Å². The third-order valence-corrected chi connectivity index (χ3v) is 1.33. The van der Waals surface area contributed by atoms with Gasteiger partial charge in [-0.25, -0.2) is 0 Å². The number of pyridine rings is 1. The number of nitrogens with two attached hydrogens (primary N) is 1. The van der Waals surface area contributed by atoms with Crippen molar-refractivity contribution in [2.24, 2.45) is 10.9 Å². The van der Waals surface area contributed by atoms with Crippen LogP contribution < -0.4 is 5.73 Å². The van der Waals surface area contributed by atoms with Crippen molar-refractivity contribution in [2.75, 3.05) is 0 Å². The van der Waals surface area contributed by atoms with E-state index < -0.39 is 0 Å². The molecule has 0 saturated heterocycles. The Hall–Kier alpha value is -2.09. The molecule has 0 fully saturated rings. The lowest BCUT2D eigenvalue weighted by Crippen LogP contribution is -2.14. The average Bonchev–Trinajstić information content (AvgIpc) is 2.16. The van der Waals surface area contributed by atoms with Crippen LogP contribution in [-0.4, -0.2) is 16.0 Å². The fourth-order valence-electron chi connectivity index (χ4n) is 0.750. The van der Waals surface area contributed by atoms with Crippen molar-refractivity contribution in [3.05, 3.63) is 29.6 Å². The minimum absolute atomic E-state index is 0.111. The summed E-state index contributed by atoms with van der Waals surface area (Å²) < 4.78 is 0. The fraction of sp³-hybridized carbons (Fsp3) is 0. The molecule has 0 atom stereocenters. The molecule has 0 aliphatic rings. The minimum Gasteiger partial charge on any atom is -0.409 e.